The van der Waals surface area contributed by atoms with Crippen molar-refractivity contribution >= 4 is 29.1 Å². The highest BCUT2D eigenvalue weighted by Gasteiger charge is 2.40. The van der Waals surface area contributed by atoms with Gasteiger partial charge in [0.1, 0.15) is 12.3 Å². The van der Waals surface area contributed by atoms with Gasteiger partial charge in [-0.3, -0.25) is 14.3 Å². The van der Waals surface area contributed by atoms with Crippen LogP contribution in [0.3, 0.4) is 0 Å². The number of fused-ring (bicyclic) bond motifs is 1. The Kier molecular flexibility index (Phi) is 5.74. The fourth-order valence-electron chi connectivity index (χ4n) is 3.21. The Bertz CT molecular complexity index is 959. The molecular weight excluding hydrogens is 413 g/mol. The van der Waals surface area contributed by atoms with Crippen LogP contribution in [0, 0.1) is 0 Å². The summed E-state index contributed by atoms with van der Waals surface area (Å²) >= 11 is 5.92. The van der Waals surface area contributed by atoms with Gasteiger partial charge in [0.15, 0.2) is 5.69 Å². The molecule has 2 aromatic rings. The highest BCUT2D eigenvalue weighted by Crippen LogP contribution is 2.35. The Hall–Kier alpha value is -2.75. The van der Waals surface area contributed by atoms with E-state index in [0.717, 1.165) is 4.68 Å². The van der Waals surface area contributed by atoms with E-state index in [9.17, 15) is 22.8 Å². The van der Waals surface area contributed by atoms with E-state index < -0.39 is 24.3 Å². The zero-order valence-corrected chi connectivity index (χ0v) is 16.4. The molecule has 2 amide bonds. The molecule has 2 heterocycles. The summed E-state index contributed by atoms with van der Waals surface area (Å²) in [5.74, 6) is -0.515. The van der Waals surface area contributed by atoms with Gasteiger partial charge in [0.25, 0.3) is 0 Å². The second-order valence-electron chi connectivity index (χ2n) is 6.51. The maximum Gasteiger partial charge on any atom is 0.435 e. The van der Waals surface area contributed by atoms with Gasteiger partial charge in [0, 0.05) is 24.1 Å². The molecule has 0 spiro atoms. The first-order chi connectivity index (χ1) is 13.6. The predicted molar refractivity (Wildman–Crippen MR) is 98.7 cm³/mol. The predicted octanol–water partition coefficient (Wildman–Crippen LogP) is 3.11. The number of alkyl halides is 3. The number of benzene rings is 1. The first-order valence-electron chi connectivity index (χ1n) is 8.64. The minimum Gasteiger partial charge on any atom is -0.495 e. The third-order valence-electron chi connectivity index (χ3n) is 4.58. The maximum absolute atomic E-state index is 13.4. The number of aromatic nitrogens is 2. The molecule has 0 saturated heterocycles. The Morgan fingerprint density at radius 3 is 2.69 bits per heavy atom. The Labute approximate surface area is 169 Å². The SMILES string of the molecule is COc1ccc(Cl)cc1NC(=O)Cn1nc(C(F)(F)F)c2c1CN(C(C)=O)CC2. The van der Waals surface area contributed by atoms with Crippen molar-refractivity contribution < 1.29 is 27.5 Å². The number of halogens is 4. The van der Waals surface area contributed by atoms with Crippen LogP contribution in [0.5, 0.6) is 5.75 Å². The van der Waals surface area contributed by atoms with Gasteiger partial charge in [0.05, 0.1) is 25.0 Å². The lowest BCUT2D eigenvalue weighted by Crippen LogP contribution is -2.36. The zero-order valence-electron chi connectivity index (χ0n) is 15.6. The molecule has 0 radical (unpaired) electrons. The number of nitrogens with zero attached hydrogens (tertiary/aromatic N) is 3. The molecule has 1 aromatic heterocycles. The molecule has 1 aromatic carbocycles. The normalized spacial score (nSPS) is 13.8. The van der Waals surface area contributed by atoms with E-state index >= 15 is 0 Å². The summed E-state index contributed by atoms with van der Waals surface area (Å²) in [5, 5.41) is 6.56. The average Bonchev–Trinajstić information content (AvgIpc) is 3.00. The van der Waals surface area contributed by atoms with E-state index in [2.05, 4.69) is 10.4 Å². The van der Waals surface area contributed by atoms with Crippen LogP contribution in [0.1, 0.15) is 23.9 Å². The minimum absolute atomic E-state index is 0.0168. The molecule has 156 valence electrons. The van der Waals surface area contributed by atoms with Crippen LogP contribution in [0.2, 0.25) is 5.02 Å². The number of methoxy groups -OCH3 is 1. The number of amides is 2. The lowest BCUT2D eigenvalue weighted by molar-refractivity contribution is -0.142. The zero-order chi connectivity index (χ0) is 21.3. The molecule has 0 saturated carbocycles. The van der Waals surface area contributed by atoms with Crippen LogP contribution in [-0.4, -0.2) is 40.1 Å². The second-order valence-corrected chi connectivity index (χ2v) is 6.95. The molecule has 1 aliphatic rings. The average molecular weight is 431 g/mol. The van der Waals surface area contributed by atoms with Gasteiger partial charge in [-0.15, -0.1) is 0 Å². The Morgan fingerprint density at radius 1 is 1.34 bits per heavy atom. The van der Waals surface area contributed by atoms with Gasteiger partial charge in [-0.25, -0.2) is 0 Å². The van der Waals surface area contributed by atoms with Crippen LogP contribution in [0.4, 0.5) is 18.9 Å². The molecule has 3 rings (SSSR count). The molecule has 0 fully saturated rings. The largest absolute Gasteiger partial charge is 0.495 e. The quantitative estimate of drug-likeness (QED) is 0.808. The minimum atomic E-state index is -4.65. The van der Waals surface area contributed by atoms with E-state index in [4.69, 9.17) is 16.3 Å². The third-order valence-corrected chi connectivity index (χ3v) is 4.82. The lowest BCUT2D eigenvalue weighted by Gasteiger charge is -2.27. The Morgan fingerprint density at radius 2 is 2.07 bits per heavy atom. The number of rotatable bonds is 4. The topological polar surface area (TPSA) is 76.5 Å². The van der Waals surface area contributed by atoms with Crippen molar-refractivity contribution in [2.45, 2.75) is 32.6 Å². The molecule has 0 unspecified atom stereocenters. The number of hydrogen-bond acceptors (Lipinski definition) is 4. The van der Waals surface area contributed by atoms with Gasteiger partial charge in [-0.05, 0) is 24.6 Å². The van der Waals surface area contributed by atoms with E-state index in [1.54, 1.807) is 12.1 Å². The van der Waals surface area contributed by atoms with Gasteiger partial charge in [-0.1, -0.05) is 11.6 Å². The number of carbonyl (C=O) groups is 2. The van der Waals surface area contributed by atoms with Gasteiger partial charge in [-0.2, -0.15) is 18.3 Å². The fraction of sp³-hybridized carbons (Fsp3) is 0.389. The molecular formula is C18H18ClF3N4O3. The number of anilines is 1. The van der Waals surface area contributed by atoms with E-state index in [-0.39, 0.29) is 42.4 Å². The number of ether oxygens (including phenoxy) is 1. The van der Waals surface area contributed by atoms with Crippen molar-refractivity contribution in [1.82, 2.24) is 14.7 Å². The van der Waals surface area contributed by atoms with Crippen LogP contribution >= 0.6 is 11.6 Å². The molecule has 0 bridgehead atoms. The first kappa shape index (κ1) is 21.0. The molecule has 1 N–H and O–H groups in total. The number of carbonyl (C=O) groups excluding carboxylic acids is 2. The standard InChI is InChI=1S/C18H18ClF3N4O3/c1-10(27)25-6-5-12-14(8-25)26(24-17(12)18(20,21)22)9-16(28)23-13-7-11(19)3-4-15(13)29-2/h3-4,7H,5-6,8-9H2,1-2H3,(H,23,28). The van der Waals surface area contributed by atoms with Crippen molar-refractivity contribution in [2.75, 3.05) is 19.0 Å². The van der Waals surface area contributed by atoms with Crippen molar-refractivity contribution in [2.24, 2.45) is 0 Å². The molecule has 7 nitrogen and oxygen atoms in total. The summed E-state index contributed by atoms with van der Waals surface area (Å²) in [6, 6.07) is 4.60. The van der Waals surface area contributed by atoms with Crippen molar-refractivity contribution in [3.8, 4) is 5.75 Å². The lowest BCUT2D eigenvalue weighted by atomic mass is 10.0. The maximum atomic E-state index is 13.4. The van der Waals surface area contributed by atoms with Crippen molar-refractivity contribution in [3.05, 3.63) is 40.2 Å². The highest BCUT2D eigenvalue weighted by atomic mass is 35.5. The van der Waals surface area contributed by atoms with Crippen molar-refractivity contribution in [1.29, 1.82) is 0 Å². The van der Waals surface area contributed by atoms with Crippen molar-refractivity contribution in [3.63, 3.8) is 0 Å². The summed E-state index contributed by atoms with van der Waals surface area (Å²) < 4.78 is 46.3. The first-order valence-corrected chi connectivity index (χ1v) is 9.02. The smallest absolute Gasteiger partial charge is 0.435 e. The highest BCUT2D eigenvalue weighted by molar-refractivity contribution is 6.31. The van der Waals surface area contributed by atoms with Crippen LogP contribution in [-0.2, 0) is 35.3 Å². The monoisotopic (exact) mass is 430 g/mol. The van der Waals surface area contributed by atoms with Gasteiger partial charge >= 0.3 is 6.18 Å². The summed E-state index contributed by atoms with van der Waals surface area (Å²) in [5.41, 5.74) is -0.522. The van der Waals surface area contributed by atoms with E-state index in [1.807, 2.05) is 0 Å². The summed E-state index contributed by atoms with van der Waals surface area (Å²) in [6.07, 6.45) is -4.63. The van der Waals surface area contributed by atoms with Gasteiger partial charge < -0.3 is 15.0 Å². The van der Waals surface area contributed by atoms with Crippen LogP contribution in [0.25, 0.3) is 0 Å². The van der Waals surface area contributed by atoms with Crippen LogP contribution in [0.15, 0.2) is 18.2 Å². The summed E-state index contributed by atoms with van der Waals surface area (Å²) in [6.45, 7) is 1.01. The van der Waals surface area contributed by atoms with Gasteiger partial charge in [0.2, 0.25) is 11.8 Å². The van der Waals surface area contributed by atoms with E-state index in [1.165, 1.54) is 25.0 Å². The molecule has 11 heteroatoms. The number of hydrogen-bond donors (Lipinski definition) is 1. The summed E-state index contributed by atoms with van der Waals surface area (Å²) in [7, 11) is 1.41. The molecule has 1 aliphatic heterocycles. The van der Waals surface area contributed by atoms with Crippen LogP contribution < -0.4 is 10.1 Å². The second kappa shape index (κ2) is 7.94. The number of nitrogens with one attached hydrogen (secondary N) is 1. The molecule has 0 atom stereocenters. The Balaban J connectivity index is 1.89. The third kappa shape index (κ3) is 4.47. The molecule has 0 aliphatic carbocycles. The summed E-state index contributed by atoms with van der Waals surface area (Å²) in [4.78, 5) is 25.6. The van der Waals surface area contributed by atoms with E-state index in [0.29, 0.717) is 10.8 Å². The molecule has 29 heavy (non-hydrogen) atoms. The fourth-order valence-corrected chi connectivity index (χ4v) is 3.38.